The number of hydrogen-bond donors (Lipinski definition) is 1. The Morgan fingerprint density at radius 1 is 0.909 bits per heavy atom. The van der Waals surface area contributed by atoms with Crippen molar-refractivity contribution in [2.45, 2.75) is 59.3 Å². The molecule has 3 aromatic carbocycles. The van der Waals surface area contributed by atoms with E-state index >= 15 is 0 Å². The van der Waals surface area contributed by atoms with Crippen LogP contribution in [0.2, 0.25) is 10.0 Å². The maximum atomic E-state index is 12.6. The number of rotatable bonds is 12. The van der Waals surface area contributed by atoms with Crippen LogP contribution in [-0.4, -0.2) is 90.5 Å². The number of carbonyl (C=O) groups is 1. The van der Waals surface area contributed by atoms with Crippen molar-refractivity contribution in [2.24, 2.45) is 5.92 Å². The highest BCUT2D eigenvalue weighted by Gasteiger charge is 2.30. The fourth-order valence-electron chi connectivity index (χ4n) is 6.88. The third kappa shape index (κ3) is 11.3. The molecule has 0 unspecified atom stereocenters. The molecule has 1 N–H and O–H groups in total. The first-order chi connectivity index (χ1) is 26.4. The molecule has 13 heteroatoms. The Morgan fingerprint density at radius 3 is 2.35 bits per heavy atom. The van der Waals surface area contributed by atoms with Crippen LogP contribution in [0.3, 0.4) is 0 Å². The average Bonchev–Trinajstić information content (AvgIpc) is 3.35. The lowest BCUT2D eigenvalue weighted by molar-refractivity contribution is 0.0930. The average molecular weight is 806 g/mol. The van der Waals surface area contributed by atoms with Gasteiger partial charge in [0.25, 0.3) is 0 Å². The molecule has 2 aliphatic rings. The minimum atomic E-state index is -3.39. The zero-order valence-corrected chi connectivity index (χ0v) is 34.2. The standard InChI is InChI=1S/C42H50Cl2N6O4S/c1-31(2)30-54-42(51)48-21-4-19-47(24-25-48)20-5-22-50-40-18-23-49(55(3,52)53)29-38(40)41(46-50)36-14-17-39(44)35(26-36)13-10-32-6-8-33(9-7-32)27-45-28-34-11-15-37(43)16-12-34/h6-9,11-12,14-17,26,31,45H,4-5,18-25,27-30H2,1-3H3. The number of nitrogens with one attached hydrogen (secondary N) is 1. The van der Waals surface area contributed by atoms with E-state index in [1.54, 1.807) is 0 Å². The minimum Gasteiger partial charge on any atom is -0.449 e. The molecule has 1 amide bonds. The van der Waals surface area contributed by atoms with Crippen molar-refractivity contribution < 1.29 is 17.9 Å². The van der Waals surface area contributed by atoms with Gasteiger partial charge in [0.15, 0.2) is 0 Å². The van der Waals surface area contributed by atoms with Crippen molar-refractivity contribution in [1.29, 1.82) is 0 Å². The van der Waals surface area contributed by atoms with Gasteiger partial charge in [-0.3, -0.25) is 4.68 Å². The Morgan fingerprint density at radius 2 is 1.64 bits per heavy atom. The normalized spacial score (nSPS) is 15.3. The monoisotopic (exact) mass is 804 g/mol. The fraction of sp³-hybridized carbons (Fsp3) is 0.429. The molecule has 0 spiro atoms. The van der Waals surface area contributed by atoms with Gasteiger partial charge < -0.3 is 19.9 Å². The van der Waals surface area contributed by atoms with Gasteiger partial charge in [-0.15, -0.1) is 0 Å². The third-order valence-corrected chi connectivity index (χ3v) is 11.7. The molecule has 0 saturated carbocycles. The van der Waals surface area contributed by atoms with Gasteiger partial charge in [0, 0.05) is 91.7 Å². The van der Waals surface area contributed by atoms with Crippen molar-refractivity contribution in [3.8, 4) is 23.1 Å². The summed E-state index contributed by atoms with van der Waals surface area (Å²) in [5.74, 6) is 6.82. The Kier molecular flexibility index (Phi) is 14.0. The number of benzene rings is 3. The quantitative estimate of drug-likeness (QED) is 0.153. The van der Waals surface area contributed by atoms with Crippen LogP contribution in [0.1, 0.15) is 60.2 Å². The summed E-state index contributed by atoms with van der Waals surface area (Å²) in [6.45, 7) is 11.3. The van der Waals surface area contributed by atoms with Crippen molar-refractivity contribution in [3.63, 3.8) is 0 Å². The van der Waals surface area contributed by atoms with E-state index in [1.165, 1.54) is 16.1 Å². The van der Waals surface area contributed by atoms with Gasteiger partial charge in [-0.25, -0.2) is 13.2 Å². The molecule has 10 nitrogen and oxygen atoms in total. The zero-order valence-electron chi connectivity index (χ0n) is 31.9. The van der Waals surface area contributed by atoms with Crippen LogP contribution in [0.4, 0.5) is 4.79 Å². The van der Waals surface area contributed by atoms with Crippen LogP contribution in [0.15, 0.2) is 66.7 Å². The Balaban J connectivity index is 1.13. The van der Waals surface area contributed by atoms with E-state index in [9.17, 15) is 13.2 Å². The topological polar surface area (TPSA) is 100 Å². The van der Waals surface area contributed by atoms with Gasteiger partial charge in [-0.05, 0) is 79.4 Å². The second-order valence-corrected chi connectivity index (χ2v) is 17.5. The number of aryl methyl sites for hydroxylation is 1. The van der Waals surface area contributed by atoms with Crippen LogP contribution in [0, 0.1) is 17.8 Å². The lowest BCUT2D eigenvalue weighted by Gasteiger charge is -2.26. The summed E-state index contributed by atoms with van der Waals surface area (Å²) in [5.41, 5.74) is 7.46. The van der Waals surface area contributed by atoms with E-state index in [4.69, 9.17) is 33.0 Å². The Labute approximate surface area is 335 Å². The lowest BCUT2D eigenvalue weighted by atomic mass is 10.0. The van der Waals surface area contributed by atoms with Gasteiger partial charge in [-0.2, -0.15) is 9.40 Å². The molecule has 6 rings (SSSR count). The van der Waals surface area contributed by atoms with Gasteiger partial charge in [0.05, 0.1) is 23.6 Å². The van der Waals surface area contributed by atoms with E-state index < -0.39 is 10.0 Å². The van der Waals surface area contributed by atoms with Gasteiger partial charge >= 0.3 is 6.09 Å². The van der Waals surface area contributed by atoms with E-state index in [0.29, 0.717) is 55.7 Å². The van der Waals surface area contributed by atoms with Gasteiger partial charge in [0.1, 0.15) is 0 Å². The Bertz CT molecular complexity index is 2110. The molecule has 2 aliphatic heterocycles. The highest BCUT2D eigenvalue weighted by atomic mass is 35.5. The highest BCUT2D eigenvalue weighted by molar-refractivity contribution is 7.88. The molecular formula is C42H50Cl2N6O4S. The number of sulfonamides is 1. The number of ether oxygens (including phenoxy) is 1. The van der Waals surface area contributed by atoms with E-state index in [1.807, 2.05) is 73.3 Å². The molecule has 1 aromatic heterocycles. The first-order valence-electron chi connectivity index (χ1n) is 19.0. The number of fused-ring (bicyclic) bond motifs is 1. The number of aromatic nitrogens is 2. The predicted molar refractivity (Wildman–Crippen MR) is 219 cm³/mol. The fourth-order valence-corrected chi connectivity index (χ4v) is 7.96. The predicted octanol–water partition coefficient (Wildman–Crippen LogP) is 7.05. The van der Waals surface area contributed by atoms with Gasteiger partial charge in [-0.1, -0.05) is 79.2 Å². The molecule has 292 valence electrons. The molecule has 4 aromatic rings. The van der Waals surface area contributed by atoms with Crippen LogP contribution in [0.25, 0.3) is 11.3 Å². The third-order valence-electron chi connectivity index (χ3n) is 9.91. The summed E-state index contributed by atoms with van der Waals surface area (Å²) in [7, 11) is -3.39. The number of hydrogen-bond acceptors (Lipinski definition) is 7. The smallest absolute Gasteiger partial charge is 0.409 e. The first kappa shape index (κ1) is 40.8. The number of nitrogens with zero attached hydrogens (tertiary/aromatic N) is 5. The summed E-state index contributed by atoms with van der Waals surface area (Å²) < 4.78 is 34.3. The largest absolute Gasteiger partial charge is 0.449 e. The molecule has 0 atom stereocenters. The zero-order chi connectivity index (χ0) is 39.0. The number of halogens is 2. The Hall–Kier alpha value is -3.89. The van der Waals surface area contributed by atoms with Crippen LogP contribution in [-0.2, 0) is 47.4 Å². The molecular weight excluding hydrogens is 755 g/mol. The van der Waals surface area contributed by atoms with Crippen molar-refractivity contribution in [2.75, 3.05) is 52.1 Å². The maximum Gasteiger partial charge on any atom is 0.409 e. The first-order valence-corrected chi connectivity index (χ1v) is 21.6. The molecule has 1 fully saturated rings. The SMILES string of the molecule is CC(C)COC(=O)N1CCCN(CCCn2nc(-c3ccc(Cl)c(C#Cc4ccc(CNCc5ccc(Cl)cc5)cc4)c3)c3c2CCN(S(C)(=O)=O)C3)CC1. The van der Waals surface area contributed by atoms with Crippen molar-refractivity contribution in [3.05, 3.63) is 110 Å². The second kappa shape index (κ2) is 18.8. The summed E-state index contributed by atoms with van der Waals surface area (Å²) >= 11 is 12.7. The summed E-state index contributed by atoms with van der Waals surface area (Å²) in [6, 6.07) is 21.7. The van der Waals surface area contributed by atoms with Crippen LogP contribution in [0.5, 0.6) is 0 Å². The molecule has 55 heavy (non-hydrogen) atoms. The lowest BCUT2D eigenvalue weighted by Crippen LogP contribution is -2.36. The van der Waals surface area contributed by atoms with Crippen LogP contribution >= 0.6 is 23.2 Å². The van der Waals surface area contributed by atoms with Crippen molar-refractivity contribution in [1.82, 2.24) is 29.2 Å². The van der Waals surface area contributed by atoms with Crippen molar-refractivity contribution >= 4 is 39.3 Å². The van der Waals surface area contributed by atoms with Gasteiger partial charge in [0.2, 0.25) is 10.0 Å². The molecule has 1 saturated heterocycles. The summed E-state index contributed by atoms with van der Waals surface area (Å²) in [6.07, 6.45) is 3.38. The highest BCUT2D eigenvalue weighted by Crippen LogP contribution is 2.33. The molecule has 0 bridgehead atoms. The maximum absolute atomic E-state index is 12.6. The summed E-state index contributed by atoms with van der Waals surface area (Å²) in [5, 5.41) is 9.82. The number of carbonyl (C=O) groups excluding carboxylic acids is 1. The molecule has 0 radical (unpaired) electrons. The van der Waals surface area contributed by atoms with E-state index in [2.05, 4.69) is 38.9 Å². The molecule has 3 heterocycles. The van der Waals surface area contributed by atoms with E-state index in [-0.39, 0.29) is 12.6 Å². The van der Waals surface area contributed by atoms with Crippen LogP contribution < -0.4 is 5.32 Å². The molecule has 0 aliphatic carbocycles. The van der Waals surface area contributed by atoms with E-state index in [0.717, 1.165) is 84.2 Å². The second-order valence-electron chi connectivity index (χ2n) is 14.7. The summed E-state index contributed by atoms with van der Waals surface area (Å²) in [4.78, 5) is 16.8. The number of amides is 1. The minimum absolute atomic E-state index is 0.227.